The average Bonchev–Trinajstić information content (AvgIpc) is 3.43. The standard InChI is InChI=1S/C45H51BN2O2/c1-25-17-28(4)41(29(5)18-25)47-35-16-15-33-34(44(9,10)11)24-49-43(33)40(35)46-32(8)23-38(45(12,13)14)50-48(37-22-27(3)21-36(47)39(37)46)42-30(6)19-26(2)20-31(42)7/h15-24H,8H2,1-7,9-14H3/b38-23-. The molecule has 0 aliphatic carbocycles. The van der Waals surface area contributed by atoms with E-state index >= 15 is 0 Å². The molecule has 5 heteroatoms. The van der Waals surface area contributed by atoms with E-state index in [0.29, 0.717) is 0 Å². The van der Waals surface area contributed by atoms with E-state index in [4.69, 9.17) is 15.8 Å². The van der Waals surface area contributed by atoms with Crippen molar-refractivity contribution in [3.63, 3.8) is 0 Å². The molecule has 0 saturated heterocycles. The second kappa shape index (κ2) is 11.4. The van der Waals surface area contributed by atoms with E-state index in [9.17, 15) is 0 Å². The first-order valence-corrected chi connectivity index (χ1v) is 17.9. The zero-order valence-corrected chi connectivity index (χ0v) is 32.3. The van der Waals surface area contributed by atoms with Gasteiger partial charge in [0.15, 0.2) is 0 Å². The number of benzene rings is 4. The number of rotatable bonds is 2. The molecule has 0 amide bonds. The fourth-order valence-corrected chi connectivity index (χ4v) is 8.42. The molecule has 256 valence electrons. The predicted octanol–water partition coefficient (Wildman–Crippen LogP) is 11.4. The molecule has 0 saturated carbocycles. The van der Waals surface area contributed by atoms with Crippen LogP contribution in [-0.2, 0) is 10.3 Å². The quantitative estimate of drug-likeness (QED) is 0.176. The molecule has 0 bridgehead atoms. The maximum absolute atomic E-state index is 7.19. The van der Waals surface area contributed by atoms with Crippen molar-refractivity contribution in [3.05, 3.63) is 123 Å². The molecule has 1 aromatic heterocycles. The lowest BCUT2D eigenvalue weighted by molar-refractivity contribution is 0.152. The Labute approximate surface area is 299 Å². The summed E-state index contributed by atoms with van der Waals surface area (Å²) in [6.07, 6.45) is 4.16. The van der Waals surface area contributed by atoms with Crippen molar-refractivity contribution in [1.29, 1.82) is 0 Å². The van der Waals surface area contributed by atoms with Gasteiger partial charge in [-0.05, 0) is 123 Å². The molecule has 0 unspecified atom stereocenters. The largest absolute Gasteiger partial charge is 0.464 e. The fraction of sp³-hybridized carbons (Fsp3) is 0.333. The summed E-state index contributed by atoms with van der Waals surface area (Å²) in [5.74, 6) is 0.867. The molecule has 0 fully saturated rings. The molecule has 2 aliphatic rings. The first-order chi connectivity index (χ1) is 23.4. The van der Waals surface area contributed by atoms with E-state index < -0.39 is 0 Å². The van der Waals surface area contributed by atoms with Gasteiger partial charge in [0.2, 0.25) is 0 Å². The Balaban J connectivity index is 1.68. The minimum Gasteiger partial charge on any atom is -0.464 e. The molecule has 0 spiro atoms. The molecule has 0 atom stereocenters. The van der Waals surface area contributed by atoms with E-state index in [1.807, 2.05) is 6.26 Å². The summed E-state index contributed by atoms with van der Waals surface area (Å²) in [7, 11) is 0. The third-order valence-corrected chi connectivity index (χ3v) is 10.4. The van der Waals surface area contributed by atoms with Crippen LogP contribution < -0.4 is 20.9 Å². The van der Waals surface area contributed by atoms with Gasteiger partial charge in [0, 0.05) is 27.7 Å². The summed E-state index contributed by atoms with van der Waals surface area (Å²) >= 11 is 0. The summed E-state index contributed by atoms with van der Waals surface area (Å²) in [5.41, 5.74) is 19.0. The number of allylic oxidation sites excluding steroid dienone is 3. The van der Waals surface area contributed by atoms with Crippen molar-refractivity contribution in [3.8, 4) is 0 Å². The number of fused-ring (bicyclic) bond motifs is 4. The van der Waals surface area contributed by atoms with Gasteiger partial charge in [0.1, 0.15) is 11.3 Å². The Morgan fingerprint density at radius 2 is 1.16 bits per heavy atom. The highest BCUT2D eigenvalue weighted by Gasteiger charge is 2.44. The van der Waals surface area contributed by atoms with Crippen LogP contribution in [0.2, 0.25) is 0 Å². The molecule has 50 heavy (non-hydrogen) atoms. The zero-order valence-electron chi connectivity index (χ0n) is 32.3. The number of hydrogen-bond donors (Lipinski definition) is 0. The highest BCUT2D eigenvalue weighted by Crippen LogP contribution is 2.48. The smallest absolute Gasteiger partial charge is 0.254 e. The van der Waals surface area contributed by atoms with Gasteiger partial charge in [-0.3, -0.25) is 0 Å². The molecule has 3 heterocycles. The van der Waals surface area contributed by atoms with Gasteiger partial charge in [-0.1, -0.05) is 82.4 Å². The van der Waals surface area contributed by atoms with Crippen LogP contribution in [-0.4, -0.2) is 6.71 Å². The fourth-order valence-electron chi connectivity index (χ4n) is 8.42. The third-order valence-electron chi connectivity index (χ3n) is 10.4. The van der Waals surface area contributed by atoms with Crippen LogP contribution in [0.4, 0.5) is 28.4 Å². The maximum atomic E-state index is 7.19. The Hall–Kier alpha value is -4.64. The van der Waals surface area contributed by atoms with E-state index in [1.54, 1.807) is 0 Å². The molecule has 0 radical (unpaired) electrons. The lowest BCUT2D eigenvalue weighted by atomic mass is 9.34. The van der Waals surface area contributed by atoms with Crippen molar-refractivity contribution in [2.75, 3.05) is 9.96 Å². The Morgan fingerprint density at radius 1 is 0.620 bits per heavy atom. The molecule has 5 aromatic rings. The topological polar surface area (TPSA) is 28.9 Å². The van der Waals surface area contributed by atoms with E-state index in [1.165, 1.54) is 44.6 Å². The minimum atomic E-state index is -0.284. The second-order valence-electron chi connectivity index (χ2n) is 17.0. The van der Waals surface area contributed by atoms with Gasteiger partial charge >= 0.3 is 0 Å². The molecular weight excluding hydrogens is 611 g/mol. The van der Waals surface area contributed by atoms with Crippen LogP contribution >= 0.6 is 0 Å². The highest BCUT2D eigenvalue weighted by atomic mass is 16.7. The first-order valence-electron chi connectivity index (χ1n) is 17.9. The molecule has 4 aromatic carbocycles. The van der Waals surface area contributed by atoms with Crippen molar-refractivity contribution < 1.29 is 9.25 Å². The SMILES string of the molecule is C=C1/C=C(/C(C)(C)C)ON(c2c(C)cc(C)cc2C)c2cc(C)cc3c2B1c1c(ccc2c(C(C)(C)C)coc12)N3c1c(C)cc(C)cc1C. The molecular formula is C45H51BN2O2. The van der Waals surface area contributed by atoms with Gasteiger partial charge < -0.3 is 14.2 Å². The van der Waals surface area contributed by atoms with Crippen molar-refractivity contribution in [1.82, 2.24) is 0 Å². The molecule has 2 aliphatic heterocycles. The van der Waals surface area contributed by atoms with Crippen LogP contribution in [0.5, 0.6) is 0 Å². The summed E-state index contributed by atoms with van der Waals surface area (Å²) in [6.45, 7) is 33.4. The van der Waals surface area contributed by atoms with E-state index in [2.05, 4.69) is 155 Å². The van der Waals surface area contributed by atoms with Crippen LogP contribution in [0.3, 0.4) is 0 Å². The maximum Gasteiger partial charge on any atom is 0.254 e. The number of nitrogens with zero attached hydrogens (tertiary/aromatic N) is 2. The molecule has 0 N–H and O–H groups in total. The van der Waals surface area contributed by atoms with E-state index in [0.717, 1.165) is 61.4 Å². The van der Waals surface area contributed by atoms with Gasteiger partial charge in [0.25, 0.3) is 6.71 Å². The van der Waals surface area contributed by atoms with Crippen LogP contribution in [0.25, 0.3) is 11.0 Å². The summed E-state index contributed by atoms with van der Waals surface area (Å²) < 4.78 is 6.72. The normalized spacial score (nSPS) is 15.7. The van der Waals surface area contributed by atoms with Gasteiger partial charge in [-0.25, -0.2) is 0 Å². The van der Waals surface area contributed by atoms with Crippen LogP contribution in [0, 0.1) is 53.9 Å². The Morgan fingerprint density at radius 3 is 1.72 bits per heavy atom. The van der Waals surface area contributed by atoms with Crippen molar-refractivity contribution in [2.45, 2.75) is 95.4 Å². The summed E-state index contributed by atoms with van der Waals surface area (Å²) in [4.78, 5) is 9.67. The van der Waals surface area contributed by atoms with Crippen molar-refractivity contribution in [2.24, 2.45) is 5.41 Å². The zero-order chi connectivity index (χ0) is 36.2. The number of furan rings is 1. The predicted molar refractivity (Wildman–Crippen MR) is 214 cm³/mol. The lowest BCUT2D eigenvalue weighted by Gasteiger charge is -2.43. The summed E-state index contributed by atoms with van der Waals surface area (Å²) in [6, 6.07) is 18.3. The second-order valence-corrected chi connectivity index (χ2v) is 17.0. The monoisotopic (exact) mass is 662 g/mol. The van der Waals surface area contributed by atoms with Crippen LogP contribution in [0.1, 0.15) is 86.1 Å². The average molecular weight is 663 g/mol. The number of anilines is 5. The minimum absolute atomic E-state index is 0.0828. The van der Waals surface area contributed by atoms with Crippen molar-refractivity contribution >= 4 is 57.0 Å². The number of hydrogen-bond acceptors (Lipinski definition) is 4. The first kappa shape index (κ1) is 33.8. The Bertz CT molecular complexity index is 2230. The number of aryl methyl sites for hydroxylation is 7. The van der Waals surface area contributed by atoms with Gasteiger partial charge in [0.05, 0.1) is 23.3 Å². The highest BCUT2D eigenvalue weighted by molar-refractivity contribution is 6.96. The van der Waals surface area contributed by atoms with Gasteiger partial charge in [-0.2, -0.15) is 5.06 Å². The van der Waals surface area contributed by atoms with Gasteiger partial charge in [-0.15, -0.1) is 6.58 Å². The van der Waals surface area contributed by atoms with Crippen LogP contribution in [0.15, 0.2) is 83.1 Å². The third kappa shape index (κ3) is 5.28. The Kier molecular flexibility index (Phi) is 7.75. The lowest BCUT2D eigenvalue weighted by Crippen LogP contribution is -2.54. The molecule has 7 rings (SSSR count). The molecule has 4 nitrogen and oxygen atoms in total. The summed E-state index contributed by atoms with van der Waals surface area (Å²) in [5, 5.41) is 3.27. The van der Waals surface area contributed by atoms with E-state index in [-0.39, 0.29) is 17.5 Å².